The van der Waals surface area contributed by atoms with Crippen LogP contribution >= 0.6 is 0 Å². The van der Waals surface area contributed by atoms with Crippen LogP contribution in [0.2, 0.25) is 0 Å². The maximum atomic E-state index is 6.00. The number of pyridine rings is 1. The molecule has 0 saturated heterocycles. The van der Waals surface area contributed by atoms with Crippen LogP contribution in [0.1, 0.15) is 24.8 Å². The Kier molecular flexibility index (Phi) is 4.65. The fourth-order valence-corrected chi connectivity index (χ4v) is 2.76. The van der Waals surface area contributed by atoms with Crippen LogP contribution in [0, 0.1) is 5.92 Å². The number of guanidine groups is 1. The van der Waals surface area contributed by atoms with E-state index in [1.165, 1.54) is 19.3 Å². The van der Waals surface area contributed by atoms with Gasteiger partial charge in [0, 0.05) is 26.0 Å². The quantitative estimate of drug-likeness (QED) is 0.658. The topological polar surface area (TPSA) is 66.5 Å². The van der Waals surface area contributed by atoms with Gasteiger partial charge in [-0.05, 0) is 36.5 Å². The van der Waals surface area contributed by atoms with Crippen molar-refractivity contribution in [2.45, 2.75) is 25.8 Å². The van der Waals surface area contributed by atoms with Crippen molar-refractivity contribution >= 4 is 22.7 Å². The van der Waals surface area contributed by atoms with E-state index < -0.39 is 0 Å². The normalized spacial score (nSPS) is 15.5. The van der Waals surface area contributed by atoms with Crippen LogP contribution in [-0.4, -0.2) is 31.6 Å². The number of nitrogens with zero attached hydrogens (tertiary/aromatic N) is 3. The van der Waals surface area contributed by atoms with Crippen molar-refractivity contribution in [1.29, 1.82) is 0 Å². The molecule has 0 amide bonds. The number of aliphatic imine (C=N–C) groups is 1. The van der Waals surface area contributed by atoms with E-state index >= 15 is 0 Å². The molecule has 0 atom stereocenters. The standard InChI is InChI=1S/C18H25N5/c1-23(2)17-10-14(15-8-3-4-9-16(15)22-17)12-21-18(19)20-11-13-6-5-7-13/h3-4,8-10,13H,5-7,11-12H2,1-2H3,(H3,19,20,21). The molecule has 5 nitrogen and oxygen atoms in total. The van der Waals surface area contributed by atoms with E-state index in [-0.39, 0.29) is 0 Å². The Labute approximate surface area is 137 Å². The number of fused-ring (bicyclic) bond motifs is 1. The Morgan fingerprint density at radius 2 is 2.13 bits per heavy atom. The lowest BCUT2D eigenvalue weighted by atomic mass is 9.85. The van der Waals surface area contributed by atoms with Gasteiger partial charge in [0.25, 0.3) is 0 Å². The highest BCUT2D eigenvalue weighted by molar-refractivity contribution is 5.84. The minimum Gasteiger partial charge on any atom is -0.370 e. The van der Waals surface area contributed by atoms with Crippen LogP contribution in [0.25, 0.3) is 10.9 Å². The van der Waals surface area contributed by atoms with E-state index in [1.54, 1.807) is 0 Å². The Morgan fingerprint density at radius 1 is 1.35 bits per heavy atom. The molecule has 0 spiro atoms. The molecule has 1 aliphatic carbocycles. The third-order valence-electron chi connectivity index (χ3n) is 4.46. The van der Waals surface area contributed by atoms with Crippen LogP contribution in [0.4, 0.5) is 5.82 Å². The lowest BCUT2D eigenvalue weighted by Gasteiger charge is -2.25. The number of hydrogen-bond acceptors (Lipinski definition) is 3. The zero-order chi connectivity index (χ0) is 16.2. The first-order valence-corrected chi connectivity index (χ1v) is 8.23. The second kappa shape index (κ2) is 6.86. The molecule has 3 rings (SSSR count). The van der Waals surface area contributed by atoms with Gasteiger partial charge in [0.2, 0.25) is 0 Å². The number of anilines is 1. The van der Waals surface area contributed by atoms with Crippen molar-refractivity contribution < 1.29 is 0 Å². The maximum Gasteiger partial charge on any atom is 0.188 e. The van der Waals surface area contributed by atoms with Gasteiger partial charge in [-0.3, -0.25) is 0 Å². The second-order valence-electron chi connectivity index (χ2n) is 6.43. The lowest BCUT2D eigenvalue weighted by molar-refractivity contribution is 0.315. The van der Waals surface area contributed by atoms with Crippen molar-refractivity contribution in [3.8, 4) is 0 Å². The lowest BCUT2D eigenvalue weighted by Crippen LogP contribution is -2.37. The molecule has 5 heteroatoms. The summed E-state index contributed by atoms with van der Waals surface area (Å²) < 4.78 is 0. The summed E-state index contributed by atoms with van der Waals surface area (Å²) >= 11 is 0. The number of para-hydroxylation sites is 1. The fraction of sp³-hybridized carbons (Fsp3) is 0.444. The molecular formula is C18H25N5. The monoisotopic (exact) mass is 311 g/mol. The molecule has 0 unspecified atom stereocenters. The molecule has 0 aliphatic heterocycles. The largest absolute Gasteiger partial charge is 0.370 e. The van der Waals surface area contributed by atoms with Crippen molar-refractivity contribution in [3.63, 3.8) is 0 Å². The van der Waals surface area contributed by atoms with Gasteiger partial charge < -0.3 is 16.0 Å². The molecule has 1 aromatic carbocycles. The highest BCUT2D eigenvalue weighted by atomic mass is 15.1. The van der Waals surface area contributed by atoms with E-state index in [0.29, 0.717) is 12.5 Å². The third kappa shape index (κ3) is 3.73. The van der Waals surface area contributed by atoms with Crippen molar-refractivity contribution in [2.75, 3.05) is 25.5 Å². The highest BCUT2D eigenvalue weighted by Gasteiger charge is 2.16. The number of rotatable bonds is 5. The van der Waals surface area contributed by atoms with Crippen LogP contribution in [0.5, 0.6) is 0 Å². The average molecular weight is 311 g/mol. The first-order chi connectivity index (χ1) is 11.1. The van der Waals surface area contributed by atoms with Crippen LogP contribution in [0.15, 0.2) is 35.3 Å². The minimum atomic E-state index is 0.532. The van der Waals surface area contributed by atoms with Gasteiger partial charge in [-0.15, -0.1) is 0 Å². The van der Waals surface area contributed by atoms with Gasteiger partial charge in [-0.1, -0.05) is 24.6 Å². The number of benzene rings is 1. The van der Waals surface area contributed by atoms with Crippen LogP contribution in [0.3, 0.4) is 0 Å². The molecule has 1 aliphatic rings. The summed E-state index contributed by atoms with van der Waals surface area (Å²) in [4.78, 5) is 11.2. The number of nitrogens with two attached hydrogens (primary N) is 1. The predicted octanol–water partition coefficient (Wildman–Crippen LogP) is 2.51. The molecule has 1 aromatic heterocycles. The van der Waals surface area contributed by atoms with E-state index in [0.717, 1.165) is 34.7 Å². The summed E-state index contributed by atoms with van der Waals surface area (Å²) in [5.74, 6) is 2.24. The van der Waals surface area contributed by atoms with E-state index in [2.05, 4.69) is 27.4 Å². The minimum absolute atomic E-state index is 0.532. The Balaban J connectivity index is 1.77. The summed E-state index contributed by atoms with van der Waals surface area (Å²) in [6.45, 7) is 1.50. The fourth-order valence-electron chi connectivity index (χ4n) is 2.76. The van der Waals surface area contributed by atoms with Gasteiger partial charge in [-0.25, -0.2) is 9.98 Å². The first kappa shape index (κ1) is 15.6. The van der Waals surface area contributed by atoms with Gasteiger partial charge >= 0.3 is 0 Å². The third-order valence-corrected chi connectivity index (χ3v) is 4.46. The smallest absolute Gasteiger partial charge is 0.188 e. The van der Waals surface area contributed by atoms with Gasteiger partial charge in [0.15, 0.2) is 5.96 Å². The van der Waals surface area contributed by atoms with E-state index in [1.807, 2.05) is 37.2 Å². The molecule has 0 radical (unpaired) electrons. The summed E-state index contributed by atoms with van der Waals surface area (Å²) in [6.07, 6.45) is 3.96. The SMILES string of the molecule is CN(C)c1cc(CN=C(N)NCC2CCC2)c2ccccc2n1. The first-order valence-electron chi connectivity index (χ1n) is 8.23. The zero-order valence-electron chi connectivity index (χ0n) is 13.9. The molecule has 2 aromatic rings. The highest BCUT2D eigenvalue weighted by Crippen LogP contribution is 2.25. The second-order valence-corrected chi connectivity index (χ2v) is 6.43. The molecule has 1 heterocycles. The van der Waals surface area contributed by atoms with Gasteiger partial charge in [0.1, 0.15) is 5.82 Å². The zero-order valence-corrected chi connectivity index (χ0v) is 13.9. The summed E-state index contributed by atoms with van der Waals surface area (Å²) in [5.41, 5.74) is 8.14. The van der Waals surface area contributed by atoms with Crippen LogP contribution < -0.4 is 16.0 Å². The molecule has 3 N–H and O–H groups in total. The van der Waals surface area contributed by atoms with Crippen molar-refractivity contribution in [2.24, 2.45) is 16.6 Å². The Morgan fingerprint density at radius 3 is 2.83 bits per heavy atom. The summed E-state index contributed by atoms with van der Waals surface area (Å²) in [5, 5.41) is 4.37. The van der Waals surface area contributed by atoms with Crippen LogP contribution in [-0.2, 0) is 6.54 Å². The van der Waals surface area contributed by atoms with Crippen molar-refractivity contribution in [3.05, 3.63) is 35.9 Å². The molecule has 23 heavy (non-hydrogen) atoms. The molecule has 1 saturated carbocycles. The molecule has 122 valence electrons. The maximum absolute atomic E-state index is 6.00. The van der Waals surface area contributed by atoms with Gasteiger partial charge in [0.05, 0.1) is 12.1 Å². The Hall–Kier alpha value is -2.30. The Bertz CT molecular complexity index is 704. The molecule has 1 fully saturated rings. The number of aromatic nitrogens is 1. The van der Waals surface area contributed by atoms with E-state index in [9.17, 15) is 0 Å². The molecular weight excluding hydrogens is 286 g/mol. The van der Waals surface area contributed by atoms with Crippen molar-refractivity contribution in [1.82, 2.24) is 10.3 Å². The molecule has 0 bridgehead atoms. The number of nitrogens with one attached hydrogen (secondary N) is 1. The predicted molar refractivity (Wildman–Crippen MR) is 96.7 cm³/mol. The van der Waals surface area contributed by atoms with E-state index in [4.69, 9.17) is 5.73 Å². The number of hydrogen-bond donors (Lipinski definition) is 2. The average Bonchev–Trinajstić information content (AvgIpc) is 2.50. The van der Waals surface area contributed by atoms with Gasteiger partial charge in [-0.2, -0.15) is 0 Å². The summed E-state index contributed by atoms with van der Waals surface area (Å²) in [6, 6.07) is 10.3. The summed E-state index contributed by atoms with van der Waals surface area (Å²) in [7, 11) is 4.00.